The summed E-state index contributed by atoms with van der Waals surface area (Å²) in [4.78, 5) is 0. The van der Waals surface area contributed by atoms with Gasteiger partial charge in [0.05, 0.1) is 18.5 Å². The lowest BCUT2D eigenvalue weighted by Gasteiger charge is -2.34. The lowest BCUT2D eigenvalue weighted by atomic mass is 10.0. The summed E-state index contributed by atoms with van der Waals surface area (Å²) in [6, 6.07) is 0. The summed E-state index contributed by atoms with van der Waals surface area (Å²) in [5.41, 5.74) is 0. The highest BCUT2D eigenvalue weighted by molar-refractivity contribution is 7.79. The molecule has 1 aliphatic carbocycles. The summed E-state index contributed by atoms with van der Waals surface area (Å²) < 4.78 is 0. The molecule has 0 bridgehead atoms. The van der Waals surface area contributed by atoms with Gasteiger partial charge in [-0.1, -0.05) is 40.0 Å². The maximum Gasteiger partial charge on any atom is 0.131 e. The Hall–Kier alpha value is 0.495. The molecular formula is C15H31BP+. The summed E-state index contributed by atoms with van der Waals surface area (Å²) in [5, 5.41) is 0.326. The molecule has 17 heavy (non-hydrogen) atoms. The molecule has 0 saturated heterocycles. The van der Waals surface area contributed by atoms with Crippen molar-refractivity contribution in [1.29, 1.82) is 0 Å². The molecule has 0 atom stereocenters. The van der Waals surface area contributed by atoms with Crippen molar-refractivity contribution in [2.24, 2.45) is 0 Å². The first-order valence-electron chi connectivity index (χ1n) is 7.79. The van der Waals surface area contributed by atoms with Gasteiger partial charge in [0.15, 0.2) is 0 Å². The van der Waals surface area contributed by atoms with E-state index in [0.717, 1.165) is 0 Å². The topological polar surface area (TPSA) is 0 Å². The van der Waals surface area contributed by atoms with E-state index >= 15 is 0 Å². The van der Waals surface area contributed by atoms with E-state index in [2.05, 4.69) is 20.8 Å². The second-order valence-electron chi connectivity index (χ2n) is 5.98. The predicted octanol–water partition coefficient (Wildman–Crippen LogP) is 5.06. The Morgan fingerprint density at radius 2 is 1.18 bits per heavy atom. The SMILES string of the molecule is [B]C1([P+](CCCC)(CCCC)CCCC)CC1. The van der Waals surface area contributed by atoms with Gasteiger partial charge in [-0.15, -0.1) is 0 Å². The van der Waals surface area contributed by atoms with E-state index in [9.17, 15) is 0 Å². The first-order valence-corrected chi connectivity index (χ1v) is 10.1. The van der Waals surface area contributed by atoms with E-state index in [0.29, 0.717) is 5.06 Å². The number of rotatable bonds is 10. The molecular weight excluding hydrogens is 222 g/mol. The first-order chi connectivity index (χ1) is 8.14. The number of unbranched alkanes of at least 4 members (excludes halogenated alkanes) is 3. The van der Waals surface area contributed by atoms with Crippen molar-refractivity contribution >= 4 is 15.1 Å². The lowest BCUT2D eigenvalue weighted by molar-refractivity contribution is 0.827. The molecule has 2 heteroatoms. The highest BCUT2D eigenvalue weighted by Crippen LogP contribution is 2.77. The number of hydrogen-bond donors (Lipinski definition) is 0. The zero-order chi connectivity index (χ0) is 12.8. The maximum atomic E-state index is 6.70. The maximum absolute atomic E-state index is 6.70. The molecule has 1 rings (SSSR count). The van der Waals surface area contributed by atoms with Crippen LogP contribution in [0.3, 0.4) is 0 Å². The summed E-state index contributed by atoms with van der Waals surface area (Å²) in [7, 11) is 5.86. The van der Waals surface area contributed by atoms with Gasteiger partial charge in [-0.3, -0.25) is 0 Å². The van der Waals surface area contributed by atoms with Crippen molar-refractivity contribution in [2.45, 2.75) is 77.2 Å². The molecule has 0 aromatic carbocycles. The van der Waals surface area contributed by atoms with Gasteiger partial charge >= 0.3 is 0 Å². The standard InChI is InChI=1S/C15H31BP/c1-4-7-12-17(13-8-5-2,14-9-6-3)15(16)10-11-15/h4-14H2,1-3H3/q+1. The fourth-order valence-corrected chi connectivity index (χ4v) is 8.82. The van der Waals surface area contributed by atoms with Crippen molar-refractivity contribution < 1.29 is 0 Å². The van der Waals surface area contributed by atoms with Gasteiger partial charge < -0.3 is 0 Å². The molecule has 0 aromatic rings. The van der Waals surface area contributed by atoms with Crippen LogP contribution in [0.25, 0.3) is 0 Å². The van der Waals surface area contributed by atoms with Gasteiger partial charge in [-0.05, 0) is 32.1 Å². The molecule has 0 amide bonds. The molecule has 0 heterocycles. The van der Waals surface area contributed by atoms with Crippen LogP contribution in [-0.2, 0) is 0 Å². The summed E-state index contributed by atoms with van der Waals surface area (Å²) in [5.74, 6) is 0. The van der Waals surface area contributed by atoms with Crippen LogP contribution >= 0.6 is 7.26 Å². The molecule has 2 radical (unpaired) electrons. The molecule has 1 aliphatic rings. The second-order valence-corrected chi connectivity index (χ2v) is 10.5. The van der Waals surface area contributed by atoms with Crippen LogP contribution in [0, 0.1) is 0 Å². The minimum Gasteiger partial charge on any atom is -0.0652 e. The minimum atomic E-state index is -0.841. The monoisotopic (exact) mass is 253 g/mol. The fourth-order valence-electron chi connectivity index (χ4n) is 2.99. The predicted molar refractivity (Wildman–Crippen MR) is 84.0 cm³/mol. The molecule has 1 fully saturated rings. The van der Waals surface area contributed by atoms with Crippen molar-refractivity contribution in [3.8, 4) is 0 Å². The molecule has 1 saturated carbocycles. The Bertz CT molecular complexity index is 189. The van der Waals surface area contributed by atoms with E-state index in [1.807, 2.05) is 0 Å². The normalized spacial score (nSPS) is 18.3. The zero-order valence-corrected chi connectivity index (χ0v) is 13.2. The van der Waals surface area contributed by atoms with Crippen LogP contribution in [0.2, 0.25) is 0 Å². The van der Waals surface area contributed by atoms with Gasteiger partial charge in [0.25, 0.3) is 0 Å². The Morgan fingerprint density at radius 3 is 1.41 bits per heavy atom. The highest BCUT2D eigenvalue weighted by atomic mass is 31.2. The molecule has 0 aromatic heterocycles. The first kappa shape index (κ1) is 15.6. The average Bonchev–Trinajstić information content (AvgIpc) is 3.08. The molecule has 0 nitrogen and oxygen atoms in total. The molecule has 98 valence electrons. The molecule has 0 N–H and O–H groups in total. The second kappa shape index (κ2) is 7.17. The van der Waals surface area contributed by atoms with Gasteiger partial charge in [-0.2, -0.15) is 0 Å². The van der Waals surface area contributed by atoms with Crippen molar-refractivity contribution in [2.75, 3.05) is 18.5 Å². The van der Waals surface area contributed by atoms with Gasteiger partial charge in [0, 0.05) is 12.3 Å². The van der Waals surface area contributed by atoms with Crippen molar-refractivity contribution in [3.63, 3.8) is 0 Å². The van der Waals surface area contributed by atoms with Crippen LogP contribution in [0.1, 0.15) is 72.1 Å². The van der Waals surface area contributed by atoms with Crippen LogP contribution in [-0.4, -0.2) is 31.4 Å². The molecule has 0 unspecified atom stereocenters. The van der Waals surface area contributed by atoms with Gasteiger partial charge in [0.1, 0.15) is 7.85 Å². The minimum absolute atomic E-state index is 0.326. The van der Waals surface area contributed by atoms with Crippen LogP contribution in [0.15, 0.2) is 0 Å². The van der Waals surface area contributed by atoms with E-state index in [4.69, 9.17) is 7.85 Å². The van der Waals surface area contributed by atoms with Gasteiger partial charge in [0.2, 0.25) is 0 Å². The third kappa shape index (κ3) is 3.98. The van der Waals surface area contributed by atoms with E-state index in [1.54, 1.807) is 0 Å². The average molecular weight is 253 g/mol. The smallest absolute Gasteiger partial charge is 0.0652 e. The summed E-state index contributed by atoms with van der Waals surface area (Å²) in [6.45, 7) is 6.97. The fraction of sp³-hybridized carbons (Fsp3) is 1.00. The summed E-state index contributed by atoms with van der Waals surface area (Å²) >= 11 is 0. The van der Waals surface area contributed by atoms with Crippen molar-refractivity contribution in [3.05, 3.63) is 0 Å². The third-order valence-electron chi connectivity index (χ3n) is 4.53. The van der Waals surface area contributed by atoms with Crippen LogP contribution < -0.4 is 0 Å². The Morgan fingerprint density at radius 1 is 0.824 bits per heavy atom. The molecule has 0 aliphatic heterocycles. The van der Waals surface area contributed by atoms with E-state index in [-0.39, 0.29) is 0 Å². The Kier molecular flexibility index (Phi) is 6.56. The molecule has 0 spiro atoms. The lowest BCUT2D eigenvalue weighted by Crippen LogP contribution is -2.24. The third-order valence-corrected chi connectivity index (χ3v) is 10.4. The summed E-state index contributed by atoms with van der Waals surface area (Å²) in [6.07, 6.45) is 15.4. The highest BCUT2D eigenvalue weighted by Gasteiger charge is 2.59. The Labute approximate surface area is 111 Å². The van der Waals surface area contributed by atoms with E-state index in [1.165, 1.54) is 69.9 Å². The number of hydrogen-bond acceptors (Lipinski definition) is 0. The van der Waals surface area contributed by atoms with Crippen LogP contribution in [0.5, 0.6) is 0 Å². The quantitative estimate of drug-likeness (QED) is 0.377. The van der Waals surface area contributed by atoms with Crippen molar-refractivity contribution in [1.82, 2.24) is 0 Å². The van der Waals surface area contributed by atoms with Gasteiger partial charge in [-0.25, -0.2) is 0 Å². The van der Waals surface area contributed by atoms with E-state index < -0.39 is 7.26 Å². The Balaban J connectivity index is 2.68. The zero-order valence-electron chi connectivity index (χ0n) is 12.3. The van der Waals surface area contributed by atoms with Crippen LogP contribution in [0.4, 0.5) is 0 Å². The largest absolute Gasteiger partial charge is 0.131 e.